The average Bonchev–Trinajstić information content (AvgIpc) is 4.07. The van der Waals surface area contributed by atoms with E-state index in [4.69, 9.17) is 15.0 Å². The molecule has 0 aliphatic rings. The predicted octanol–water partition coefficient (Wildman–Crippen LogP) is 15.8. The van der Waals surface area contributed by atoms with E-state index in [0.29, 0.717) is 17.6 Å². The number of nitrogens with zero attached hydrogens (tertiary/aromatic N) is 6. The van der Waals surface area contributed by atoms with E-state index in [-0.39, 0.29) is 0 Å². The second-order valence-electron chi connectivity index (χ2n) is 17.6. The van der Waals surface area contributed by atoms with E-state index < -0.39 is 0 Å². The quantitative estimate of drug-likeness (QED) is 0.160. The third kappa shape index (κ3) is 6.09. The predicted molar refractivity (Wildman–Crippen MR) is 285 cm³/mol. The van der Waals surface area contributed by atoms with Crippen LogP contribution in [0.15, 0.2) is 243 Å². The Balaban J connectivity index is 1.10. The molecule has 322 valence electrons. The zero-order valence-corrected chi connectivity index (χ0v) is 37.3. The summed E-state index contributed by atoms with van der Waals surface area (Å²) < 4.78 is 7.10. The summed E-state index contributed by atoms with van der Waals surface area (Å²) in [6.07, 6.45) is 0. The topological polar surface area (TPSA) is 53.5 Å². The number of rotatable bonds is 7. The molecular formula is C63H40N6. The maximum Gasteiger partial charge on any atom is 0.238 e. The summed E-state index contributed by atoms with van der Waals surface area (Å²) in [5, 5.41) is 6.89. The van der Waals surface area contributed by atoms with Crippen molar-refractivity contribution in [1.29, 1.82) is 0 Å². The molecule has 4 aromatic heterocycles. The Morgan fingerprint density at radius 3 is 1.38 bits per heavy atom. The molecule has 0 spiro atoms. The van der Waals surface area contributed by atoms with Crippen molar-refractivity contribution >= 4 is 65.4 Å². The van der Waals surface area contributed by atoms with Gasteiger partial charge < -0.3 is 9.13 Å². The summed E-state index contributed by atoms with van der Waals surface area (Å²) in [5.41, 5.74) is 15.0. The standard InChI is InChI=1S/C63H40N6/c1-5-20-41(21-6-1)46-31-19-35-56(58(46)42-22-7-2-8-23-42)68-54-33-17-14-29-48(54)51-38-39-52-49-30-15-18-34-55(49)69(60(52)59(51)68)63-65-61(43-24-9-3-10-25-43)64-62(66-63)44-36-37-50-47-28-13-16-32-53(47)67(57(50)40-44)45-26-11-4-12-27-45/h1-40H. The van der Waals surface area contributed by atoms with E-state index in [0.717, 1.165) is 94.0 Å². The normalized spacial score (nSPS) is 11.8. The number of fused-ring (bicyclic) bond motifs is 10. The van der Waals surface area contributed by atoms with Gasteiger partial charge in [-0.25, -0.2) is 4.98 Å². The van der Waals surface area contributed by atoms with Gasteiger partial charge in [0, 0.05) is 54.7 Å². The van der Waals surface area contributed by atoms with Gasteiger partial charge in [0.2, 0.25) is 5.95 Å². The third-order valence-electron chi connectivity index (χ3n) is 13.7. The molecule has 14 rings (SSSR count). The highest BCUT2D eigenvalue weighted by atomic mass is 15.2. The van der Waals surface area contributed by atoms with Gasteiger partial charge in [-0.3, -0.25) is 4.57 Å². The van der Waals surface area contributed by atoms with Crippen LogP contribution in [0.1, 0.15) is 0 Å². The average molecular weight is 881 g/mol. The van der Waals surface area contributed by atoms with Crippen LogP contribution < -0.4 is 0 Å². The van der Waals surface area contributed by atoms with Gasteiger partial charge in [-0.2, -0.15) is 9.97 Å². The number of aromatic nitrogens is 6. The van der Waals surface area contributed by atoms with Crippen molar-refractivity contribution in [2.24, 2.45) is 0 Å². The first kappa shape index (κ1) is 38.8. The minimum atomic E-state index is 0.541. The third-order valence-corrected chi connectivity index (χ3v) is 13.7. The van der Waals surface area contributed by atoms with Gasteiger partial charge in [-0.15, -0.1) is 0 Å². The smallest absolute Gasteiger partial charge is 0.238 e. The van der Waals surface area contributed by atoms with Crippen LogP contribution in [-0.2, 0) is 0 Å². The maximum absolute atomic E-state index is 5.54. The summed E-state index contributed by atoms with van der Waals surface area (Å²) in [5.74, 6) is 1.73. The molecule has 6 heteroatoms. The molecule has 0 saturated heterocycles. The van der Waals surface area contributed by atoms with Crippen molar-refractivity contribution in [3.05, 3.63) is 243 Å². The van der Waals surface area contributed by atoms with Crippen LogP contribution in [0.4, 0.5) is 0 Å². The fourth-order valence-corrected chi connectivity index (χ4v) is 10.7. The van der Waals surface area contributed by atoms with E-state index in [1.54, 1.807) is 0 Å². The maximum atomic E-state index is 5.54. The van der Waals surface area contributed by atoms with Crippen molar-refractivity contribution < 1.29 is 0 Å². The first-order chi connectivity index (χ1) is 34.3. The monoisotopic (exact) mass is 880 g/mol. The Hall–Kier alpha value is -9.39. The SMILES string of the molecule is c1ccc(-c2nc(-c3ccc4c5ccccc5n(-c5ccccc5)c4c3)nc(-n3c4ccccc4c4ccc5c6ccccc6n(-c6cccc(-c7ccccc7)c6-c6ccccc6)c5c43)n2)cc1. The molecule has 69 heavy (non-hydrogen) atoms. The lowest BCUT2D eigenvalue weighted by molar-refractivity contribution is 0.953. The van der Waals surface area contributed by atoms with Gasteiger partial charge in [0.1, 0.15) is 0 Å². The largest absolute Gasteiger partial charge is 0.309 e. The summed E-state index contributed by atoms with van der Waals surface area (Å²) >= 11 is 0. The Morgan fingerprint density at radius 1 is 0.275 bits per heavy atom. The lowest BCUT2D eigenvalue weighted by Gasteiger charge is -2.19. The Kier molecular flexibility index (Phi) is 8.79. The summed E-state index contributed by atoms with van der Waals surface area (Å²) in [4.78, 5) is 16.3. The number of para-hydroxylation sites is 4. The molecule has 0 unspecified atom stereocenters. The fraction of sp³-hybridized carbons (Fsp3) is 0. The fourth-order valence-electron chi connectivity index (χ4n) is 10.7. The first-order valence-electron chi connectivity index (χ1n) is 23.4. The summed E-state index contributed by atoms with van der Waals surface area (Å²) in [7, 11) is 0. The molecule has 14 aromatic rings. The zero-order valence-electron chi connectivity index (χ0n) is 37.3. The molecular weight excluding hydrogens is 841 g/mol. The van der Waals surface area contributed by atoms with Gasteiger partial charge >= 0.3 is 0 Å². The van der Waals surface area contributed by atoms with Crippen LogP contribution >= 0.6 is 0 Å². The molecule has 0 aliphatic heterocycles. The van der Waals surface area contributed by atoms with Crippen molar-refractivity contribution in [3.8, 4) is 62.4 Å². The van der Waals surface area contributed by atoms with Crippen LogP contribution in [0.2, 0.25) is 0 Å². The van der Waals surface area contributed by atoms with E-state index in [1.807, 2.05) is 18.2 Å². The van der Waals surface area contributed by atoms with Crippen molar-refractivity contribution in [1.82, 2.24) is 28.7 Å². The molecule has 0 saturated carbocycles. The molecule has 4 heterocycles. The van der Waals surface area contributed by atoms with Crippen LogP contribution in [-0.4, -0.2) is 28.7 Å². The Labute approximate surface area is 397 Å². The molecule has 0 fully saturated rings. The van der Waals surface area contributed by atoms with Gasteiger partial charge in [-0.1, -0.05) is 200 Å². The lowest BCUT2D eigenvalue weighted by Crippen LogP contribution is -2.07. The van der Waals surface area contributed by atoms with E-state index in [1.165, 1.54) is 16.2 Å². The van der Waals surface area contributed by atoms with Crippen LogP contribution in [0.5, 0.6) is 0 Å². The van der Waals surface area contributed by atoms with Gasteiger partial charge in [0.05, 0.1) is 38.8 Å². The molecule has 6 nitrogen and oxygen atoms in total. The van der Waals surface area contributed by atoms with Crippen molar-refractivity contribution in [2.45, 2.75) is 0 Å². The zero-order chi connectivity index (χ0) is 45.4. The molecule has 0 N–H and O–H groups in total. The van der Waals surface area contributed by atoms with E-state index in [9.17, 15) is 0 Å². The molecule has 0 aliphatic carbocycles. The minimum Gasteiger partial charge on any atom is -0.309 e. The molecule has 0 amide bonds. The van der Waals surface area contributed by atoms with Gasteiger partial charge in [0.15, 0.2) is 11.6 Å². The summed E-state index contributed by atoms with van der Waals surface area (Å²) in [6, 6.07) is 86.3. The van der Waals surface area contributed by atoms with Gasteiger partial charge in [0.25, 0.3) is 0 Å². The number of benzene rings is 10. The Morgan fingerprint density at radius 2 is 0.739 bits per heavy atom. The van der Waals surface area contributed by atoms with Crippen LogP contribution in [0, 0.1) is 0 Å². The molecule has 0 bridgehead atoms. The van der Waals surface area contributed by atoms with E-state index in [2.05, 4.69) is 238 Å². The molecule has 0 atom stereocenters. The second kappa shape index (κ2) is 15.6. The highest BCUT2D eigenvalue weighted by Gasteiger charge is 2.26. The highest BCUT2D eigenvalue weighted by Crippen LogP contribution is 2.45. The van der Waals surface area contributed by atoms with Crippen molar-refractivity contribution in [3.63, 3.8) is 0 Å². The van der Waals surface area contributed by atoms with Crippen LogP contribution in [0.25, 0.3) is 128 Å². The number of hydrogen-bond acceptors (Lipinski definition) is 3. The molecule has 10 aromatic carbocycles. The summed E-state index contributed by atoms with van der Waals surface area (Å²) in [6.45, 7) is 0. The highest BCUT2D eigenvalue weighted by molar-refractivity contribution is 6.24. The first-order valence-corrected chi connectivity index (χ1v) is 23.4. The van der Waals surface area contributed by atoms with Crippen molar-refractivity contribution in [2.75, 3.05) is 0 Å². The second-order valence-corrected chi connectivity index (χ2v) is 17.6. The number of hydrogen-bond donors (Lipinski definition) is 0. The van der Waals surface area contributed by atoms with E-state index >= 15 is 0 Å². The van der Waals surface area contributed by atoms with Crippen LogP contribution in [0.3, 0.4) is 0 Å². The minimum absolute atomic E-state index is 0.541. The Bertz CT molecular complexity index is 4280. The lowest BCUT2D eigenvalue weighted by atomic mass is 9.93. The van der Waals surface area contributed by atoms with Gasteiger partial charge in [-0.05, 0) is 59.2 Å². The molecule has 0 radical (unpaired) electrons.